The van der Waals surface area contributed by atoms with E-state index in [9.17, 15) is 8.42 Å². The highest BCUT2D eigenvalue weighted by molar-refractivity contribution is 7.89. The molecule has 1 aromatic carbocycles. The second-order valence-corrected chi connectivity index (χ2v) is 6.39. The Labute approximate surface area is 108 Å². The summed E-state index contributed by atoms with van der Waals surface area (Å²) in [4.78, 5) is 0.138. The Bertz CT molecular complexity index is 491. The first-order valence-electron chi connectivity index (χ1n) is 6.10. The first-order valence-corrected chi connectivity index (χ1v) is 7.65. The van der Waals surface area contributed by atoms with Gasteiger partial charge in [-0.2, -0.15) is 0 Å². The molecule has 1 saturated carbocycles. The first kappa shape index (κ1) is 13.3. The maximum absolute atomic E-state index is 11.1. The largest absolute Gasteiger partial charge is 0.382 e. The molecule has 0 unspecified atom stereocenters. The molecule has 0 saturated heterocycles. The van der Waals surface area contributed by atoms with Crippen molar-refractivity contribution < 1.29 is 8.42 Å². The summed E-state index contributed by atoms with van der Waals surface area (Å²) in [6, 6.07) is 7.28. The topological polar surface area (TPSA) is 98.2 Å². The fraction of sp³-hybridized carbons (Fsp3) is 0.500. The van der Waals surface area contributed by atoms with E-state index in [-0.39, 0.29) is 4.90 Å². The Balaban J connectivity index is 1.98. The Morgan fingerprint density at radius 2 is 1.61 bits per heavy atom. The molecule has 0 amide bonds. The van der Waals surface area contributed by atoms with Crippen LogP contribution in [0.25, 0.3) is 0 Å². The van der Waals surface area contributed by atoms with E-state index in [1.807, 2.05) is 0 Å². The third-order valence-electron chi connectivity index (χ3n) is 3.33. The monoisotopic (exact) mass is 269 g/mol. The van der Waals surface area contributed by atoms with Gasteiger partial charge < -0.3 is 11.1 Å². The van der Waals surface area contributed by atoms with Crippen molar-refractivity contribution in [3.05, 3.63) is 24.3 Å². The molecule has 1 fully saturated rings. The number of primary sulfonamides is 1. The Hall–Kier alpha value is -1.11. The first-order chi connectivity index (χ1) is 8.45. The zero-order chi connectivity index (χ0) is 13.2. The fourth-order valence-electron chi connectivity index (χ4n) is 2.24. The van der Waals surface area contributed by atoms with Crippen LogP contribution < -0.4 is 16.2 Å². The molecule has 2 rings (SSSR count). The highest BCUT2D eigenvalue weighted by atomic mass is 32.2. The lowest BCUT2D eigenvalue weighted by Crippen LogP contribution is -2.32. The third-order valence-corrected chi connectivity index (χ3v) is 4.25. The van der Waals surface area contributed by atoms with Crippen molar-refractivity contribution in [1.82, 2.24) is 0 Å². The molecule has 1 aliphatic rings. The van der Waals surface area contributed by atoms with Crippen LogP contribution in [-0.2, 0) is 10.0 Å². The molecule has 5 N–H and O–H groups in total. The number of nitrogens with one attached hydrogen (secondary N) is 1. The van der Waals surface area contributed by atoms with Crippen LogP contribution in [0.2, 0.25) is 0 Å². The molecule has 0 radical (unpaired) electrons. The van der Waals surface area contributed by atoms with Gasteiger partial charge in [-0.25, -0.2) is 13.6 Å². The van der Waals surface area contributed by atoms with Crippen molar-refractivity contribution in [2.45, 2.75) is 42.7 Å². The van der Waals surface area contributed by atoms with Crippen LogP contribution in [0.1, 0.15) is 25.7 Å². The summed E-state index contributed by atoms with van der Waals surface area (Å²) < 4.78 is 22.2. The average molecular weight is 269 g/mol. The SMILES string of the molecule is NC1CCC(Nc2ccc(S(N)(=O)=O)cc2)CC1. The number of sulfonamides is 1. The van der Waals surface area contributed by atoms with E-state index in [0.717, 1.165) is 31.4 Å². The van der Waals surface area contributed by atoms with Crippen LogP contribution in [0.5, 0.6) is 0 Å². The van der Waals surface area contributed by atoms with Crippen molar-refractivity contribution >= 4 is 15.7 Å². The van der Waals surface area contributed by atoms with Crippen molar-refractivity contribution in [2.75, 3.05) is 5.32 Å². The Morgan fingerprint density at radius 3 is 2.11 bits per heavy atom. The molecule has 18 heavy (non-hydrogen) atoms. The van der Waals surface area contributed by atoms with E-state index < -0.39 is 10.0 Å². The summed E-state index contributed by atoms with van der Waals surface area (Å²) in [6.45, 7) is 0. The van der Waals surface area contributed by atoms with Gasteiger partial charge in [0, 0.05) is 17.8 Å². The predicted molar refractivity (Wildman–Crippen MR) is 71.7 cm³/mol. The third kappa shape index (κ3) is 3.44. The number of rotatable bonds is 3. The standard InChI is InChI=1S/C12H19N3O2S/c13-9-1-3-10(4-2-9)15-11-5-7-12(8-6-11)18(14,16)17/h5-10,15H,1-4,13H2,(H2,14,16,17). The van der Waals surface area contributed by atoms with Gasteiger partial charge >= 0.3 is 0 Å². The van der Waals surface area contributed by atoms with Crippen LogP contribution >= 0.6 is 0 Å². The maximum atomic E-state index is 11.1. The molecule has 0 bridgehead atoms. The number of anilines is 1. The Kier molecular flexibility index (Phi) is 3.89. The average Bonchev–Trinajstić information content (AvgIpc) is 2.32. The van der Waals surface area contributed by atoms with Crippen LogP contribution in [0.15, 0.2) is 29.2 Å². The molecule has 0 aliphatic heterocycles. The number of hydrogen-bond donors (Lipinski definition) is 3. The highest BCUT2D eigenvalue weighted by Gasteiger charge is 2.18. The summed E-state index contributed by atoms with van der Waals surface area (Å²) in [5, 5.41) is 8.43. The van der Waals surface area contributed by atoms with E-state index in [0.29, 0.717) is 12.1 Å². The van der Waals surface area contributed by atoms with Crippen LogP contribution in [0.3, 0.4) is 0 Å². The van der Waals surface area contributed by atoms with Gasteiger partial charge in [-0.3, -0.25) is 0 Å². The molecule has 0 aromatic heterocycles. The molecule has 6 heteroatoms. The molecule has 5 nitrogen and oxygen atoms in total. The van der Waals surface area contributed by atoms with E-state index in [1.54, 1.807) is 12.1 Å². The quantitative estimate of drug-likeness (QED) is 0.763. The summed E-state index contributed by atoms with van der Waals surface area (Å²) in [6.07, 6.45) is 4.18. The van der Waals surface area contributed by atoms with E-state index >= 15 is 0 Å². The van der Waals surface area contributed by atoms with Crippen molar-refractivity contribution in [1.29, 1.82) is 0 Å². The minimum Gasteiger partial charge on any atom is -0.382 e. The normalized spacial score (nSPS) is 24.8. The van der Waals surface area contributed by atoms with Crippen LogP contribution in [0, 0.1) is 0 Å². The summed E-state index contributed by atoms with van der Waals surface area (Å²) in [5.41, 5.74) is 6.77. The summed E-state index contributed by atoms with van der Waals surface area (Å²) in [5.74, 6) is 0. The number of benzene rings is 1. The van der Waals surface area contributed by atoms with E-state index in [2.05, 4.69) is 5.32 Å². The van der Waals surface area contributed by atoms with Gasteiger partial charge in [-0.1, -0.05) is 0 Å². The van der Waals surface area contributed by atoms with Crippen molar-refractivity contribution in [2.24, 2.45) is 10.9 Å². The summed E-state index contributed by atoms with van der Waals surface area (Å²) in [7, 11) is -3.60. The number of nitrogens with two attached hydrogens (primary N) is 2. The lowest BCUT2D eigenvalue weighted by Gasteiger charge is -2.27. The molecule has 1 aliphatic carbocycles. The lowest BCUT2D eigenvalue weighted by molar-refractivity contribution is 0.411. The number of hydrogen-bond acceptors (Lipinski definition) is 4. The lowest BCUT2D eigenvalue weighted by atomic mass is 9.92. The van der Waals surface area contributed by atoms with Crippen LogP contribution in [0.4, 0.5) is 5.69 Å². The fourth-order valence-corrected chi connectivity index (χ4v) is 2.76. The van der Waals surface area contributed by atoms with Gasteiger partial charge in [0.2, 0.25) is 10.0 Å². The van der Waals surface area contributed by atoms with E-state index in [1.165, 1.54) is 12.1 Å². The second kappa shape index (κ2) is 5.26. The van der Waals surface area contributed by atoms with Gasteiger partial charge in [0.05, 0.1) is 4.90 Å². The molecule has 1 aromatic rings. The second-order valence-electron chi connectivity index (χ2n) is 4.83. The molecule has 0 atom stereocenters. The van der Waals surface area contributed by atoms with Crippen molar-refractivity contribution in [3.8, 4) is 0 Å². The minimum absolute atomic E-state index is 0.138. The van der Waals surface area contributed by atoms with Crippen LogP contribution in [-0.4, -0.2) is 20.5 Å². The Morgan fingerprint density at radius 1 is 1.06 bits per heavy atom. The molecular formula is C12H19N3O2S. The smallest absolute Gasteiger partial charge is 0.238 e. The molecule has 0 heterocycles. The summed E-state index contributed by atoms with van der Waals surface area (Å²) >= 11 is 0. The molecule has 100 valence electrons. The molecule has 0 spiro atoms. The minimum atomic E-state index is -3.60. The maximum Gasteiger partial charge on any atom is 0.238 e. The molecular weight excluding hydrogens is 250 g/mol. The van der Waals surface area contributed by atoms with Gasteiger partial charge in [0.25, 0.3) is 0 Å². The van der Waals surface area contributed by atoms with Gasteiger partial charge in [-0.15, -0.1) is 0 Å². The zero-order valence-corrected chi connectivity index (χ0v) is 11.0. The van der Waals surface area contributed by atoms with Gasteiger partial charge in [0.15, 0.2) is 0 Å². The zero-order valence-electron chi connectivity index (χ0n) is 10.2. The van der Waals surface area contributed by atoms with E-state index in [4.69, 9.17) is 10.9 Å². The highest BCUT2D eigenvalue weighted by Crippen LogP contribution is 2.21. The van der Waals surface area contributed by atoms with Gasteiger partial charge in [-0.05, 0) is 49.9 Å². The van der Waals surface area contributed by atoms with Crippen molar-refractivity contribution in [3.63, 3.8) is 0 Å². The van der Waals surface area contributed by atoms with Gasteiger partial charge in [0.1, 0.15) is 0 Å². The predicted octanol–water partition coefficient (Wildman–Crippen LogP) is 1.02.